The van der Waals surface area contributed by atoms with Crippen molar-refractivity contribution < 1.29 is 28.5 Å². The Kier molecular flexibility index (Phi) is 5.89. The first-order valence-electron chi connectivity index (χ1n) is 9.34. The van der Waals surface area contributed by atoms with Gasteiger partial charge in [-0.15, -0.1) is 6.58 Å². The molecule has 1 aliphatic heterocycles. The van der Waals surface area contributed by atoms with Crippen molar-refractivity contribution in [3.63, 3.8) is 0 Å². The van der Waals surface area contributed by atoms with E-state index >= 15 is 0 Å². The maximum Gasteiger partial charge on any atom is 0.303 e. The molecular weight excluding hydrogens is 360 g/mol. The van der Waals surface area contributed by atoms with E-state index in [-0.39, 0.29) is 24.6 Å². The van der Waals surface area contributed by atoms with Crippen LogP contribution >= 0.6 is 0 Å². The first-order chi connectivity index (χ1) is 13.4. The SMILES string of the molecule is C=CC[C@]1([C@H](C)[C@@H](OC(C)=O)c2ccc3c(c2)OCO3)C[C@@H](OC)C=CC1=O. The van der Waals surface area contributed by atoms with E-state index in [4.69, 9.17) is 18.9 Å². The standard InChI is InChI=1S/C22H26O6/c1-5-10-22(12-17(25-4)7-9-20(22)24)14(2)21(28-15(3)23)16-6-8-18-19(11-16)27-13-26-18/h5-9,11,14,17,21H,1,10,12-13H2,2-4H3/t14-,17+,21-,22-/m1/s1. The lowest BCUT2D eigenvalue weighted by Crippen LogP contribution is -2.45. The van der Waals surface area contributed by atoms with Crippen LogP contribution in [0.3, 0.4) is 0 Å². The van der Waals surface area contributed by atoms with Gasteiger partial charge in [-0.2, -0.15) is 0 Å². The van der Waals surface area contributed by atoms with E-state index in [1.807, 2.05) is 19.1 Å². The minimum atomic E-state index is -0.784. The number of carbonyl (C=O) groups excluding carboxylic acids is 2. The van der Waals surface area contributed by atoms with Gasteiger partial charge in [0, 0.05) is 25.4 Å². The molecule has 1 heterocycles. The van der Waals surface area contributed by atoms with Crippen LogP contribution in [-0.4, -0.2) is 31.8 Å². The molecule has 4 atom stereocenters. The van der Waals surface area contributed by atoms with Crippen molar-refractivity contribution in [1.82, 2.24) is 0 Å². The lowest BCUT2D eigenvalue weighted by atomic mass is 9.62. The maximum absolute atomic E-state index is 13.0. The fourth-order valence-corrected chi connectivity index (χ4v) is 4.11. The summed E-state index contributed by atoms with van der Waals surface area (Å²) in [4.78, 5) is 24.9. The Labute approximate surface area is 165 Å². The molecule has 0 aromatic heterocycles. The number of hydrogen-bond donors (Lipinski definition) is 0. The second kappa shape index (κ2) is 8.19. The summed E-state index contributed by atoms with van der Waals surface area (Å²) in [6.45, 7) is 7.31. The highest BCUT2D eigenvalue weighted by atomic mass is 16.7. The van der Waals surface area contributed by atoms with Crippen LogP contribution in [-0.2, 0) is 19.1 Å². The Morgan fingerprint density at radius 3 is 2.82 bits per heavy atom. The van der Waals surface area contributed by atoms with E-state index in [1.165, 1.54) is 6.92 Å². The number of esters is 1. The third kappa shape index (κ3) is 3.69. The fraction of sp³-hybridized carbons (Fsp3) is 0.455. The molecule has 0 amide bonds. The van der Waals surface area contributed by atoms with Crippen LogP contribution in [0.15, 0.2) is 43.0 Å². The van der Waals surface area contributed by atoms with Crippen LogP contribution in [0.4, 0.5) is 0 Å². The van der Waals surface area contributed by atoms with Gasteiger partial charge in [-0.25, -0.2) is 0 Å². The zero-order chi connectivity index (χ0) is 20.3. The quantitative estimate of drug-likeness (QED) is 0.525. The van der Waals surface area contributed by atoms with Gasteiger partial charge in [-0.3, -0.25) is 9.59 Å². The molecule has 1 aromatic carbocycles. The predicted molar refractivity (Wildman–Crippen MR) is 103 cm³/mol. The topological polar surface area (TPSA) is 71.1 Å². The Bertz CT molecular complexity index is 798. The molecule has 0 bridgehead atoms. The molecule has 2 aliphatic rings. The van der Waals surface area contributed by atoms with Gasteiger partial charge in [0.1, 0.15) is 6.10 Å². The van der Waals surface area contributed by atoms with Gasteiger partial charge in [-0.1, -0.05) is 25.1 Å². The molecule has 150 valence electrons. The Morgan fingerprint density at radius 2 is 2.14 bits per heavy atom. The number of allylic oxidation sites excluding steroid dienone is 2. The van der Waals surface area contributed by atoms with Gasteiger partial charge >= 0.3 is 5.97 Å². The van der Waals surface area contributed by atoms with Crippen LogP contribution in [0.2, 0.25) is 0 Å². The molecule has 0 saturated heterocycles. The summed E-state index contributed by atoms with van der Waals surface area (Å²) in [5.74, 6) is 0.514. The van der Waals surface area contributed by atoms with Crippen LogP contribution in [0, 0.1) is 11.3 Å². The highest BCUT2D eigenvalue weighted by Gasteiger charge is 2.48. The largest absolute Gasteiger partial charge is 0.457 e. The molecule has 0 fully saturated rings. The number of fused-ring (bicyclic) bond motifs is 1. The third-order valence-corrected chi connectivity index (χ3v) is 5.67. The minimum absolute atomic E-state index is 0.00825. The number of rotatable bonds is 7. The van der Waals surface area contributed by atoms with E-state index in [0.29, 0.717) is 24.3 Å². The molecule has 0 radical (unpaired) electrons. The molecule has 1 aliphatic carbocycles. The predicted octanol–water partition coefficient (Wildman–Crippen LogP) is 3.76. The van der Waals surface area contributed by atoms with Crippen LogP contribution in [0.25, 0.3) is 0 Å². The Balaban J connectivity index is 2.02. The Hall–Kier alpha value is -2.60. The summed E-state index contributed by atoms with van der Waals surface area (Å²) in [5, 5.41) is 0. The number of ketones is 1. The molecule has 6 heteroatoms. The molecule has 28 heavy (non-hydrogen) atoms. The van der Waals surface area contributed by atoms with E-state index < -0.39 is 17.5 Å². The molecule has 6 nitrogen and oxygen atoms in total. The highest BCUT2D eigenvalue weighted by molar-refractivity contribution is 5.96. The fourth-order valence-electron chi connectivity index (χ4n) is 4.11. The summed E-state index contributed by atoms with van der Waals surface area (Å²) < 4.78 is 22.1. The number of benzene rings is 1. The van der Waals surface area contributed by atoms with Gasteiger partial charge in [0.15, 0.2) is 17.3 Å². The summed E-state index contributed by atoms with van der Waals surface area (Å²) in [7, 11) is 1.62. The van der Waals surface area contributed by atoms with Crippen molar-refractivity contribution in [2.24, 2.45) is 11.3 Å². The van der Waals surface area contributed by atoms with E-state index in [0.717, 1.165) is 5.56 Å². The van der Waals surface area contributed by atoms with Gasteiger partial charge in [-0.05, 0) is 36.6 Å². The summed E-state index contributed by atoms with van der Waals surface area (Å²) >= 11 is 0. The molecule has 0 N–H and O–H groups in total. The smallest absolute Gasteiger partial charge is 0.303 e. The van der Waals surface area contributed by atoms with Crippen molar-refractivity contribution in [1.29, 1.82) is 0 Å². The Morgan fingerprint density at radius 1 is 1.39 bits per heavy atom. The summed E-state index contributed by atoms with van der Waals surface area (Å²) in [6, 6.07) is 5.45. The lowest BCUT2D eigenvalue weighted by Gasteiger charge is -2.43. The van der Waals surface area contributed by atoms with Gasteiger partial charge < -0.3 is 18.9 Å². The normalized spacial score (nSPS) is 25.2. The minimum Gasteiger partial charge on any atom is -0.457 e. The van der Waals surface area contributed by atoms with Crippen molar-refractivity contribution in [2.75, 3.05) is 13.9 Å². The van der Waals surface area contributed by atoms with E-state index in [9.17, 15) is 9.59 Å². The first-order valence-corrected chi connectivity index (χ1v) is 9.34. The number of methoxy groups -OCH3 is 1. The molecular formula is C22H26O6. The van der Waals surface area contributed by atoms with Crippen molar-refractivity contribution in [3.8, 4) is 11.5 Å². The number of ether oxygens (including phenoxy) is 4. The highest BCUT2D eigenvalue weighted by Crippen LogP contribution is 2.49. The molecule has 0 saturated carbocycles. The average Bonchev–Trinajstić information content (AvgIpc) is 3.15. The van der Waals surface area contributed by atoms with Crippen molar-refractivity contribution in [2.45, 2.75) is 38.9 Å². The number of carbonyl (C=O) groups is 2. The molecule has 0 unspecified atom stereocenters. The average molecular weight is 386 g/mol. The van der Waals surface area contributed by atoms with Crippen LogP contribution in [0.5, 0.6) is 11.5 Å². The van der Waals surface area contributed by atoms with E-state index in [2.05, 4.69) is 6.58 Å². The van der Waals surface area contributed by atoms with Gasteiger partial charge in [0.2, 0.25) is 6.79 Å². The van der Waals surface area contributed by atoms with Gasteiger partial charge in [0.25, 0.3) is 0 Å². The van der Waals surface area contributed by atoms with Crippen LogP contribution < -0.4 is 9.47 Å². The third-order valence-electron chi connectivity index (χ3n) is 5.67. The zero-order valence-corrected chi connectivity index (χ0v) is 16.5. The molecule has 0 spiro atoms. The number of hydrogen-bond acceptors (Lipinski definition) is 6. The second-order valence-corrected chi connectivity index (χ2v) is 7.28. The second-order valence-electron chi connectivity index (χ2n) is 7.28. The van der Waals surface area contributed by atoms with Crippen LogP contribution in [0.1, 0.15) is 38.4 Å². The van der Waals surface area contributed by atoms with Crippen molar-refractivity contribution >= 4 is 11.8 Å². The zero-order valence-electron chi connectivity index (χ0n) is 16.5. The van der Waals surface area contributed by atoms with Gasteiger partial charge in [0.05, 0.1) is 6.10 Å². The van der Waals surface area contributed by atoms with E-state index in [1.54, 1.807) is 31.4 Å². The summed E-state index contributed by atoms with van der Waals surface area (Å²) in [5.41, 5.74) is -0.0279. The lowest BCUT2D eigenvalue weighted by molar-refractivity contribution is -0.156. The summed E-state index contributed by atoms with van der Waals surface area (Å²) in [6.07, 6.45) is 5.23. The monoisotopic (exact) mass is 386 g/mol. The van der Waals surface area contributed by atoms with Crippen molar-refractivity contribution in [3.05, 3.63) is 48.6 Å². The molecule has 3 rings (SSSR count). The maximum atomic E-state index is 13.0. The molecule has 1 aromatic rings. The first kappa shape index (κ1) is 20.1.